The molecule has 2 amide bonds. The maximum atomic E-state index is 15.4. The topological polar surface area (TPSA) is 91.2 Å². The number of fused-ring (bicyclic) bond motifs is 1. The molecule has 1 aromatic rings. The van der Waals surface area contributed by atoms with E-state index < -0.39 is 47.5 Å². The fourth-order valence-corrected chi connectivity index (χ4v) is 7.61. The van der Waals surface area contributed by atoms with Crippen LogP contribution in [-0.4, -0.2) is 58.4 Å². The Morgan fingerprint density at radius 2 is 1.90 bits per heavy atom. The second-order valence-corrected chi connectivity index (χ2v) is 22.0. The molecule has 3 rings (SSSR count). The van der Waals surface area contributed by atoms with E-state index in [1.54, 1.807) is 19.1 Å². The molecule has 1 aliphatic heterocycles. The quantitative estimate of drug-likeness (QED) is 0.240. The Kier molecular flexibility index (Phi) is 8.85. The predicted octanol–water partition coefficient (Wildman–Crippen LogP) is 7.29. The lowest BCUT2D eigenvalue weighted by Gasteiger charge is -2.42. The van der Waals surface area contributed by atoms with Gasteiger partial charge in [-0.3, -0.25) is 9.79 Å². The summed E-state index contributed by atoms with van der Waals surface area (Å²) in [5.41, 5.74) is -1.94. The van der Waals surface area contributed by atoms with Crippen molar-refractivity contribution in [2.75, 3.05) is 6.61 Å². The highest BCUT2D eigenvalue weighted by Crippen LogP contribution is 2.67. The lowest BCUT2D eigenvalue weighted by molar-refractivity contribution is -0.123. The van der Waals surface area contributed by atoms with Gasteiger partial charge < -0.3 is 15.2 Å². The van der Waals surface area contributed by atoms with Crippen LogP contribution in [0, 0.1) is 17.2 Å². The van der Waals surface area contributed by atoms with Crippen LogP contribution in [0.1, 0.15) is 60.5 Å². The summed E-state index contributed by atoms with van der Waals surface area (Å²) in [6, 6.07) is 5.53. The number of carbonyl (C=O) groups excluding carboxylic acids is 1. The van der Waals surface area contributed by atoms with E-state index in [9.17, 15) is 14.7 Å². The molecule has 2 N–H and O–H groups in total. The third-order valence-corrected chi connectivity index (χ3v) is 10.7. The minimum Gasteiger partial charge on any atom is -0.465 e. The van der Waals surface area contributed by atoms with Crippen LogP contribution in [0.5, 0.6) is 0 Å². The van der Waals surface area contributed by atoms with Crippen molar-refractivity contribution in [1.82, 2.24) is 10.2 Å². The highest BCUT2D eigenvalue weighted by Gasteiger charge is 2.72. The van der Waals surface area contributed by atoms with Gasteiger partial charge in [0, 0.05) is 41.6 Å². The molecule has 0 bridgehead atoms. The first-order chi connectivity index (χ1) is 17.6. The van der Waals surface area contributed by atoms with Crippen LogP contribution in [0.15, 0.2) is 27.7 Å². The first kappa shape index (κ1) is 32.1. The standard InChI is InChI=1S/C28H43BrFN3O4SSi/c1-25(2,3)22(37-13-14-39(8,9)10)33(24(35)36)23-32-27(7,18-15-17(29)11-12-19(18)30)20-16-28(20,38-23)21(34)31-26(4,5)6/h11-12,15,20,22H,13-14,16H2,1-10H3,(H,31,34)(H,35,36)/t20-,22?,27+,28-/m0/s1. The second-order valence-electron chi connectivity index (χ2n) is 14.2. The number of amides is 2. The zero-order valence-electron chi connectivity index (χ0n) is 24.7. The van der Waals surface area contributed by atoms with Crippen LogP contribution in [0.4, 0.5) is 9.18 Å². The molecule has 0 spiro atoms. The normalized spacial score (nSPS) is 25.8. The van der Waals surface area contributed by atoms with Crippen molar-refractivity contribution in [1.29, 1.82) is 0 Å². The molecule has 7 nitrogen and oxygen atoms in total. The third-order valence-electron chi connectivity index (χ3n) is 7.05. The Bertz CT molecular complexity index is 1160. The lowest BCUT2D eigenvalue weighted by atomic mass is 9.85. The van der Waals surface area contributed by atoms with Gasteiger partial charge in [0.2, 0.25) is 5.91 Å². The lowest BCUT2D eigenvalue weighted by Crippen LogP contribution is -2.55. The van der Waals surface area contributed by atoms with Crippen molar-refractivity contribution in [2.45, 2.75) is 103 Å². The van der Waals surface area contributed by atoms with Gasteiger partial charge in [-0.15, -0.1) is 0 Å². The Balaban J connectivity index is 2.16. The van der Waals surface area contributed by atoms with Gasteiger partial charge in [-0.1, -0.05) is 68.1 Å². The van der Waals surface area contributed by atoms with Crippen molar-refractivity contribution >= 4 is 52.9 Å². The summed E-state index contributed by atoms with van der Waals surface area (Å²) >= 11 is 4.60. The summed E-state index contributed by atoms with van der Waals surface area (Å²) in [5.74, 6) is -0.967. The summed E-state index contributed by atoms with van der Waals surface area (Å²) in [6.45, 7) is 20.4. The van der Waals surface area contributed by atoms with Crippen LogP contribution < -0.4 is 5.32 Å². The number of carbonyl (C=O) groups is 2. The Morgan fingerprint density at radius 1 is 1.28 bits per heavy atom. The largest absolute Gasteiger partial charge is 0.465 e. The average Bonchev–Trinajstić information content (AvgIpc) is 3.49. The zero-order chi connectivity index (χ0) is 29.8. The molecule has 0 aromatic heterocycles. The fraction of sp³-hybridized carbons (Fsp3) is 0.679. The number of nitrogens with zero attached hydrogens (tertiary/aromatic N) is 2. The maximum Gasteiger partial charge on any atom is 0.415 e. The molecule has 1 heterocycles. The first-order valence-electron chi connectivity index (χ1n) is 13.3. The van der Waals surface area contributed by atoms with E-state index in [-0.39, 0.29) is 17.0 Å². The van der Waals surface area contributed by atoms with Gasteiger partial charge >= 0.3 is 6.09 Å². The van der Waals surface area contributed by atoms with Gasteiger partial charge in [0.05, 0.1) is 5.54 Å². The fourth-order valence-electron chi connectivity index (χ4n) is 4.92. The van der Waals surface area contributed by atoms with Gasteiger partial charge in [0.15, 0.2) is 5.17 Å². The molecule has 218 valence electrons. The number of nitrogens with one attached hydrogen (secondary N) is 1. The Morgan fingerprint density at radius 3 is 2.41 bits per heavy atom. The molecule has 39 heavy (non-hydrogen) atoms. The number of hydrogen-bond donors (Lipinski definition) is 2. The molecular formula is C28H43BrFN3O4SSi. The number of amidine groups is 1. The third kappa shape index (κ3) is 7.08. The van der Waals surface area contributed by atoms with E-state index in [4.69, 9.17) is 9.73 Å². The molecule has 1 unspecified atom stereocenters. The van der Waals surface area contributed by atoms with Crippen LogP contribution >= 0.6 is 27.7 Å². The van der Waals surface area contributed by atoms with Gasteiger partial charge in [-0.05, 0) is 58.4 Å². The summed E-state index contributed by atoms with van der Waals surface area (Å²) in [5, 5.41) is 13.8. The molecule has 1 aliphatic carbocycles. The van der Waals surface area contributed by atoms with Crippen molar-refractivity contribution in [2.24, 2.45) is 16.3 Å². The maximum absolute atomic E-state index is 15.4. The molecule has 4 atom stereocenters. The molecule has 0 radical (unpaired) electrons. The van der Waals surface area contributed by atoms with E-state index in [1.165, 1.54) is 6.07 Å². The van der Waals surface area contributed by atoms with Crippen LogP contribution in [0.2, 0.25) is 25.7 Å². The molecular weight excluding hydrogens is 601 g/mol. The summed E-state index contributed by atoms with van der Waals surface area (Å²) < 4.78 is 21.3. The number of aliphatic imine (C=N–C) groups is 1. The van der Waals surface area contributed by atoms with Gasteiger partial charge in [-0.2, -0.15) is 0 Å². The smallest absolute Gasteiger partial charge is 0.415 e. The molecule has 2 aliphatic rings. The number of thioether (sulfide) groups is 1. The molecule has 0 saturated heterocycles. The minimum atomic E-state index is -1.44. The van der Waals surface area contributed by atoms with Gasteiger partial charge in [-0.25, -0.2) is 14.1 Å². The van der Waals surface area contributed by atoms with E-state index in [0.717, 1.165) is 22.7 Å². The highest BCUT2D eigenvalue weighted by molar-refractivity contribution is 9.10. The highest BCUT2D eigenvalue weighted by atomic mass is 79.9. The summed E-state index contributed by atoms with van der Waals surface area (Å²) in [6.07, 6.45) is -1.64. The van der Waals surface area contributed by atoms with E-state index in [0.29, 0.717) is 23.1 Å². The second kappa shape index (κ2) is 10.8. The zero-order valence-corrected chi connectivity index (χ0v) is 28.1. The number of halogens is 2. The van der Waals surface area contributed by atoms with Crippen LogP contribution in [0.3, 0.4) is 0 Å². The number of hydrogen-bond acceptors (Lipinski definition) is 5. The number of carboxylic acid groups (broad SMARTS) is 1. The Hall–Kier alpha value is -1.43. The van der Waals surface area contributed by atoms with E-state index >= 15 is 4.39 Å². The molecule has 1 saturated carbocycles. The first-order valence-corrected chi connectivity index (χ1v) is 18.6. The average molecular weight is 645 g/mol. The summed E-state index contributed by atoms with van der Waals surface area (Å²) in [7, 11) is -1.44. The predicted molar refractivity (Wildman–Crippen MR) is 162 cm³/mol. The SMILES string of the molecule is CC(C)(C)NC(=O)[C@]12C[C@H]1[C@@](C)(c1cc(Br)ccc1F)N=C(N(C(=O)O)C(OCC[Si](C)(C)C)C(C)(C)C)S2. The van der Waals surface area contributed by atoms with E-state index in [1.807, 2.05) is 41.5 Å². The number of rotatable bonds is 7. The van der Waals surface area contributed by atoms with Crippen molar-refractivity contribution in [3.8, 4) is 0 Å². The van der Waals surface area contributed by atoms with Gasteiger partial charge in [0.25, 0.3) is 0 Å². The van der Waals surface area contributed by atoms with E-state index in [2.05, 4.69) is 40.9 Å². The number of benzene rings is 1. The molecule has 1 aromatic carbocycles. The summed E-state index contributed by atoms with van der Waals surface area (Å²) in [4.78, 5) is 32.8. The van der Waals surface area contributed by atoms with Crippen molar-refractivity contribution in [3.05, 3.63) is 34.1 Å². The Labute approximate surface area is 245 Å². The molecule has 11 heteroatoms. The minimum absolute atomic E-state index is 0.148. The van der Waals surface area contributed by atoms with Crippen molar-refractivity contribution in [3.63, 3.8) is 0 Å². The van der Waals surface area contributed by atoms with Crippen LogP contribution in [0.25, 0.3) is 0 Å². The van der Waals surface area contributed by atoms with Gasteiger partial charge in [0.1, 0.15) is 16.8 Å². The number of ether oxygens (including phenoxy) is 1. The van der Waals surface area contributed by atoms with Crippen molar-refractivity contribution < 1.29 is 23.8 Å². The monoisotopic (exact) mass is 643 g/mol. The molecule has 1 fully saturated rings. The van der Waals surface area contributed by atoms with Crippen LogP contribution in [-0.2, 0) is 15.1 Å².